The predicted molar refractivity (Wildman–Crippen MR) is 131 cm³/mol. The van der Waals surface area contributed by atoms with Crippen LogP contribution < -0.4 is 15.4 Å². The molecule has 3 atom stereocenters. The number of aryl methyl sites for hydroxylation is 2. The van der Waals surface area contributed by atoms with Gasteiger partial charge in [-0.15, -0.1) is 24.0 Å². The fourth-order valence-corrected chi connectivity index (χ4v) is 4.95. The molecule has 2 N–H and O–H groups in total. The molecule has 0 spiro atoms. The number of nitrogens with zero attached hydrogens (tertiary/aromatic N) is 1. The fraction of sp³-hybridized carbons (Fsp3) is 0.667. The molecule has 0 saturated heterocycles. The molecule has 0 aromatic heterocycles. The summed E-state index contributed by atoms with van der Waals surface area (Å²) in [6, 6.07) is 6.59. The van der Waals surface area contributed by atoms with E-state index in [1.807, 2.05) is 6.92 Å². The molecule has 0 heterocycles. The molecule has 1 saturated carbocycles. The van der Waals surface area contributed by atoms with Crippen LogP contribution in [0.3, 0.4) is 0 Å². The van der Waals surface area contributed by atoms with Crippen LogP contribution in [0.5, 0.6) is 5.75 Å². The second-order valence-electron chi connectivity index (χ2n) is 7.23. The van der Waals surface area contributed by atoms with Crippen LogP contribution in [0.4, 0.5) is 0 Å². The Hall–Kier alpha value is -0.830. The van der Waals surface area contributed by atoms with E-state index in [9.17, 15) is 4.21 Å². The van der Waals surface area contributed by atoms with Crippen molar-refractivity contribution in [3.05, 3.63) is 29.3 Å². The van der Waals surface area contributed by atoms with Crippen molar-refractivity contribution in [3.63, 3.8) is 0 Å². The first-order chi connectivity index (χ1) is 13.0. The highest BCUT2D eigenvalue weighted by atomic mass is 127. The largest absolute Gasteiger partial charge is 0.492 e. The molecule has 1 aliphatic rings. The summed E-state index contributed by atoms with van der Waals surface area (Å²) >= 11 is 0. The molecule has 0 amide bonds. The molecule has 0 aliphatic heterocycles. The third kappa shape index (κ3) is 8.68. The first-order valence-corrected chi connectivity index (χ1v) is 11.5. The summed E-state index contributed by atoms with van der Waals surface area (Å²) in [6.45, 7) is 10.2. The van der Waals surface area contributed by atoms with E-state index in [-0.39, 0.29) is 24.0 Å². The van der Waals surface area contributed by atoms with Gasteiger partial charge in [0.15, 0.2) is 5.96 Å². The zero-order valence-electron chi connectivity index (χ0n) is 17.6. The van der Waals surface area contributed by atoms with E-state index in [0.29, 0.717) is 24.4 Å². The molecule has 2 rings (SSSR count). The number of ether oxygens (including phenoxy) is 1. The molecule has 1 aromatic rings. The van der Waals surface area contributed by atoms with Crippen LogP contribution in [-0.2, 0) is 10.8 Å². The molecule has 0 radical (unpaired) electrons. The van der Waals surface area contributed by atoms with Crippen molar-refractivity contribution in [1.29, 1.82) is 0 Å². The van der Waals surface area contributed by atoms with Crippen LogP contribution in [0, 0.1) is 13.8 Å². The zero-order chi connectivity index (χ0) is 19.6. The Kier molecular flexibility index (Phi) is 12.1. The predicted octanol–water partition coefficient (Wildman–Crippen LogP) is 3.94. The zero-order valence-corrected chi connectivity index (χ0v) is 20.8. The van der Waals surface area contributed by atoms with Crippen LogP contribution in [-0.4, -0.2) is 46.9 Å². The Balaban J connectivity index is 0.00000392. The van der Waals surface area contributed by atoms with Crippen LogP contribution in [0.15, 0.2) is 23.2 Å². The quantitative estimate of drug-likeness (QED) is 0.236. The van der Waals surface area contributed by atoms with Gasteiger partial charge in [0, 0.05) is 34.4 Å². The SMILES string of the molecule is CCNC(=NCCOc1cc(C)cc(C)c1)NC1CCCC(S(=O)CC)C1.I. The van der Waals surface area contributed by atoms with Crippen molar-refractivity contribution in [3.8, 4) is 5.75 Å². The summed E-state index contributed by atoms with van der Waals surface area (Å²) in [4.78, 5) is 4.65. The summed E-state index contributed by atoms with van der Waals surface area (Å²) in [5.41, 5.74) is 2.42. The van der Waals surface area contributed by atoms with Gasteiger partial charge in [0.05, 0.1) is 6.54 Å². The minimum atomic E-state index is -0.705. The summed E-state index contributed by atoms with van der Waals surface area (Å²) in [6.07, 6.45) is 4.28. The number of nitrogens with one attached hydrogen (secondary N) is 2. The highest BCUT2D eigenvalue weighted by molar-refractivity contribution is 14.0. The average Bonchev–Trinajstić information content (AvgIpc) is 2.64. The molecule has 0 bridgehead atoms. The molecule has 1 aliphatic carbocycles. The highest BCUT2D eigenvalue weighted by Gasteiger charge is 2.25. The normalized spacial score (nSPS) is 20.8. The van der Waals surface area contributed by atoms with E-state index in [1.165, 1.54) is 11.1 Å². The summed E-state index contributed by atoms with van der Waals surface area (Å²) in [5, 5.41) is 7.16. The molecular weight excluding hydrogens is 485 g/mol. The lowest BCUT2D eigenvalue weighted by Crippen LogP contribution is -2.46. The van der Waals surface area contributed by atoms with Gasteiger partial charge in [-0.1, -0.05) is 19.4 Å². The number of rotatable bonds is 8. The van der Waals surface area contributed by atoms with Gasteiger partial charge in [0.25, 0.3) is 0 Å². The maximum Gasteiger partial charge on any atom is 0.191 e. The number of guanidine groups is 1. The van der Waals surface area contributed by atoms with Crippen LogP contribution in [0.25, 0.3) is 0 Å². The van der Waals surface area contributed by atoms with E-state index in [0.717, 1.165) is 49.7 Å². The Morgan fingerprint density at radius 3 is 2.57 bits per heavy atom. The van der Waals surface area contributed by atoms with Gasteiger partial charge < -0.3 is 15.4 Å². The number of aliphatic imine (C=N–C) groups is 1. The molecule has 28 heavy (non-hydrogen) atoms. The minimum Gasteiger partial charge on any atom is -0.492 e. The van der Waals surface area contributed by atoms with Crippen molar-refractivity contribution in [2.75, 3.05) is 25.4 Å². The average molecular weight is 522 g/mol. The van der Waals surface area contributed by atoms with E-state index in [2.05, 4.69) is 54.6 Å². The topological polar surface area (TPSA) is 62.7 Å². The lowest BCUT2D eigenvalue weighted by Gasteiger charge is -2.30. The van der Waals surface area contributed by atoms with E-state index in [1.54, 1.807) is 0 Å². The molecule has 160 valence electrons. The summed E-state index contributed by atoms with van der Waals surface area (Å²) in [7, 11) is -0.705. The molecule has 1 fully saturated rings. The van der Waals surface area contributed by atoms with Crippen molar-refractivity contribution in [2.24, 2.45) is 4.99 Å². The number of benzene rings is 1. The van der Waals surface area contributed by atoms with Crippen molar-refractivity contribution < 1.29 is 8.95 Å². The first-order valence-electron chi connectivity index (χ1n) is 10.1. The third-order valence-corrected chi connectivity index (χ3v) is 6.53. The lowest BCUT2D eigenvalue weighted by molar-refractivity contribution is 0.327. The molecule has 1 aromatic carbocycles. The smallest absolute Gasteiger partial charge is 0.191 e. The van der Waals surface area contributed by atoms with Crippen molar-refractivity contribution in [2.45, 2.75) is 64.7 Å². The lowest BCUT2D eigenvalue weighted by atomic mass is 9.95. The van der Waals surface area contributed by atoms with E-state index in [4.69, 9.17) is 4.74 Å². The van der Waals surface area contributed by atoms with Gasteiger partial charge in [-0.25, -0.2) is 4.99 Å². The Bertz CT molecular complexity index is 634. The maximum atomic E-state index is 12.1. The Morgan fingerprint density at radius 2 is 1.93 bits per heavy atom. The Morgan fingerprint density at radius 1 is 1.21 bits per heavy atom. The third-order valence-electron chi connectivity index (χ3n) is 4.79. The number of hydrogen-bond donors (Lipinski definition) is 2. The van der Waals surface area contributed by atoms with Crippen LogP contribution in [0.1, 0.15) is 50.7 Å². The number of halogens is 1. The van der Waals surface area contributed by atoms with Gasteiger partial charge >= 0.3 is 0 Å². The molecule has 5 nitrogen and oxygen atoms in total. The second-order valence-corrected chi connectivity index (χ2v) is 9.24. The first kappa shape index (κ1) is 25.2. The van der Waals surface area contributed by atoms with Crippen LogP contribution >= 0.6 is 24.0 Å². The second kappa shape index (κ2) is 13.4. The molecule has 7 heteroatoms. The van der Waals surface area contributed by atoms with Gasteiger partial charge in [0.2, 0.25) is 0 Å². The van der Waals surface area contributed by atoms with E-state index < -0.39 is 10.8 Å². The van der Waals surface area contributed by atoms with Gasteiger partial charge in [-0.3, -0.25) is 4.21 Å². The number of hydrogen-bond acceptors (Lipinski definition) is 3. The maximum absolute atomic E-state index is 12.1. The fourth-order valence-electron chi connectivity index (χ4n) is 3.60. The van der Waals surface area contributed by atoms with Gasteiger partial charge in [-0.05, 0) is 63.3 Å². The minimum absolute atomic E-state index is 0. The highest BCUT2D eigenvalue weighted by Crippen LogP contribution is 2.23. The molecule has 3 unspecified atom stereocenters. The van der Waals surface area contributed by atoms with Crippen LogP contribution in [0.2, 0.25) is 0 Å². The van der Waals surface area contributed by atoms with Crippen molar-refractivity contribution in [1.82, 2.24) is 10.6 Å². The monoisotopic (exact) mass is 521 g/mol. The summed E-state index contributed by atoms with van der Waals surface area (Å²) in [5.74, 6) is 2.48. The Labute approximate surface area is 190 Å². The van der Waals surface area contributed by atoms with Gasteiger partial charge in [-0.2, -0.15) is 0 Å². The van der Waals surface area contributed by atoms with E-state index >= 15 is 0 Å². The van der Waals surface area contributed by atoms with Gasteiger partial charge in [0.1, 0.15) is 12.4 Å². The molecular formula is C21H36IN3O2S. The summed E-state index contributed by atoms with van der Waals surface area (Å²) < 4.78 is 18.0. The van der Waals surface area contributed by atoms with Crippen molar-refractivity contribution >= 4 is 40.7 Å². The standard InChI is InChI=1S/C21H35N3O2S.HI/c1-5-22-21(24-18-8-7-9-20(15-18)27(25)6-2)23-10-11-26-19-13-16(3)12-17(4)14-19;/h12-14,18,20H,5-11,15H2,1-4H3,(H2,22,23,24);1H.